The molecule has 1 heterocycles. The maximum atomic E-state index is 12.9. The third kappa shape index (κ3) is 5.55. The zero-order valence-electron chi connectivity index (χ0n) is 17.3. The van der Waals surface area contributed by atoms with Crippen LogP contribution in [0.4, 0.5) is 0 Å². The molecule has 1 N–H and O–H groups in total. The van der Waals surface area contributed by atoms with E-state index in [1.54, 1.807) is 7.11 Å². The molecule has 0 atom stereocenters. The van der Waals surface area contributed by atoms with Gasteiger partial charge in [0.15, 0.2) is 0 Å². The molecule has 3 aromatic rings. The minimum atomic E-state index is -0.0952. The van der Waals surface area contributed by atoms with Crippen LogP contribution in [0.3, 0.4) is 0 Å². The molecule has 0 spiro atoms. The summed E-state index contributed by atoms with van der Waals surface area (Å²) < 4.78 is 10.8. The van der Waals surface area contributed by atoms with E-state index in [1.807, 2.05) is 54.6 Å². The third-order valence-corrected chi connectivity index (χ3v) is 4.55. The number of ether oxygens (including phenoxy) is 2. The van der Waals surface area contributed by atoms with Crippen LogP contribution in [0.25, 0.3) is 22.2 Å². The van der Waals surface area contributed by atoms with Crippen molar-refractivity contribution >= 4 is 16.8 Å². The zero-order valence-corrected chi connectivity index (χ0v) is 17.3. The van der Waals surface area contributed by atoms with Crippen molar-refractivity contribution in [2.45, 2.75) is 20.3 Å². The average Bonchev–Trinajstić information content (AvgIpc) is 2.75. The Labute approximate surface area is 172 Å². The largest absolute Gasteiger partial charge is 0.497 e. The standard InChI is InChI=1S/C24H28N2O3/c1-17(2)16-29-14-6-13-25-24(27)21-15-23(18-9-11-19(28-3)12-10-18)26-22-8-5-4-7-20(21)22/h4-5,7-12,15,17H,6,13-14,16H2,1-3H3,(H,25,27). The molecule has 0 aliphatic heterocycles. The molecular weight excluding hydrogens is 364 g/mol. The van der Waals surface area contributed by atoms with Gasteiger partial charge >= 0.3 is 0 Å². The maximum Gasteiger partial charge on any atom is 0.252 e. The van der Waals surface area contributed by atoms with Gasteiger partial charge < -0.3 is 14.8 Å². The fourth-order valence-electron chi connectivity index (χ4n) is 3.06. The number of aromatic nitrogens is 1. The van der Waals surface area contributed by atoms with Crippen molar-refractivity contribution in [3.05, 3.63) is 60.2 Å². The second-order valence-electron chi connectivity index (χ2n) is 7.38. The molecule has 0 saturated heterocycles. The van der Waals surface area contributed by atoms with E-state index in [9.17, 15) is 4.79 Å². The molecule has 0 fully saturated rings. The lowest BCUT2D eigenvalue weighted by atomic mass is 10.0. The molecule has 3 rings (SSSR count). The van der Waals surface area contributed by atoms with E-state index in [4.69, 9.17) is 14.5 Å². The molecule has 29 heavy (non-hydrogen) atoms. The summed E-state index contributed by atoms with van der Waals surface area (Å²) in [6, 6.07) is 17.3. The number of rotatable bonds is 9. The molecule has 0 saturated carbocycles. The Morgan fingerprint density at radius 2 is 1.86 bits per heavy atom. The van der Waals surface area contributed by atoms with Gasteiger partial charge in [-0.15, -0.1) is 0 Å². The fourth-order valence-corrected chi connectivity index (χ4v) is 3.06. The van der Waals surface area contributed by atoms with E-state index in [1.165, 1.54) is 0 Å². The number of methoxy groups -OCH3 is 1. The topological polar surface area (TPSA) is 60.5 Å². The van der Waals surface area contributed by atoms with Crippen LogP contribution in [0.15, 0.2) is 54.6 Å². The van der Waals surface area contributed by atoms with Gasteiger partial charge in [0.2, 0.25) is 0 Å². The molecule has 1 aromatic heterocycles. The summed E-state index contributed by atoms with van der Waals surface area (Å²) in [5, 5.41) is 3.86. The van der Waals surface area contributed by atoms with Gasteiger partial charge in [-0.2, -0.15) is 0 Å². The second-order valence-corrected chi connectivity index (χ2v) is 7.38. The molecule has 0 bridgehead atoms. The number of para-hydroxylation sites is 1. The smallest absolute Gasteiger partial charge is 0.252 e. The van der Waals surface area contributed by atoms with Crippen LogP contribution in [0, 0.1) is 5.92 Å². The van der Waals surface area contributed by atoms with E-state index in [2.05, 4.69) is 19.2 Å². The van der Waals surface area contributed by atoms with Crippen molar-refractivity contribution in [2.75, 3.05) is 26.9 Å². The van der Waals surface area contributed by atoms with E-state index < -0.39 is 0 Å². The number of hydrogen-bond acceptors (Lipinski definition) is 4. The summed E-state index contributed by atoms with van der Waals surface area (Å²) in [5.41, 5.74) is 3.13. The van der Waals surface area contributed by atoms with Crippen LogP contribution < -0.4 is 10.1 Å². The van der Waals surface area contributed by atoms with Crippen molar-refractivity contribution < 1.29 is 14.3 Å². The first-order valence-corrected chi connectivity index (χ1v) is 9.98. The first-order valence-electron chi connectivity index (χ1n) is 9.98. The van der Waals surface area contributed by atoms with E-state index in [0.717, 1.165) is 40.9 Å². The molecule has 0 radical (unpaired) electrons. The van der Waals surface area contributed by atoms with Crippen LogP contribution >= 0.6 is 0 Å². The monoisotopic (exact) mass is 392 g/mol. The lowest BCUT2D eigenvalue weighted by Crippen LogP contribution is -2.25. The molecular formula is C24H28N2O3. The summed E-state index contributed by atoms with van der Waals surface area (Å²) in [6.45, 7) is 6.21. The Morgan fingerprint density at radius 1 is 1.10 bits per heavy atom. The highest BCUT2D eigenvalue weighted by molar-refractivity contribution is 6.07. The molecule has 0 unspecified atom stereocenters. The zero-order chi connectivity index (χ0) is 20.6. The number of hydrogen-bond donors (Lipinski definition) is 1. The predicted molar refractivity (Wildman–Crippen MR) is 116 cm³/mol. The SMILES string of the molecule is COc1ccc(-c2cc(C(=O)NCCCOCC(C)C)c3ccccc3n2)cc1. The Balaban J connectivity index is 1.77. The summed E-state index contributed by atoms with van der Waals surface area (Å²) >= 11 is 0. The number of nitrogens with zero attached hydrogens (tertiary/aromatic N) is 1. The Kier molecular flexibility index (Phi) is 7.19. The quantitative estimate of drug-likeness (QED) is 0.536. The lowest BCUT2D eigenvalue weighted by Gasteiger charge is -2.11. The number of nitrogens with one attached hydrogen (secondary N) is 1. The Hall–Kier alpha value is -2.92. The molecule has 1 amide bonds. The van der Waals surface area contributed by atoms with E-state index in [0.29, 0.717) is 24.6 Å². The number of fused-ring (bicyclic) bond motifs is 1. The normalized spacial score (nSPS) is 11.0. The number of carbonyl (C=O) groups excluding carboxylic acids is 1. The van der Waals surface area contributed by atoms with Gasteiger partial charge in [0.1, 0.15) is 5.75 Å². The van der Waals surface area contributed by atoms with Crippen molar-refractivity contribution in [3.8, 4) is 17.0 Å². The van der Waals surface area contributed by atoms with Crippen molar-refractivity contribution in [1.82, 2.24) is 10.3 Å². The molecule has 152 valence electrons. The fraction of sp³-hybridized carbons (Fsp3) is 0.333. The van der Waals surface area contributed by atoms with Gasteiger partial charge in [-0.3, -0.25) is 4.79 Å². The maximum absolute atomic E-state index is 12.9. The van der Waals surface area contributed by atoms with Gasteiger partial charge in [-0.05, 0) is 48.7 Å². The molecule has 0 aliphatic rings. The lowest BCUT2D eigenvalue weighted by molar-refractivity contribution is 0.0926. The summed E-state index contributed by atoms with van der Waals surface area (Å²) in [4.78, 5) is 17.6. The molecule has 0 aliphatic carbocycles. The summed E-state index contributed by atoms with van der Waals surface area (Å²) in [6.07, 6.45) is 0.785. The first-order chi connectivity index (χ1) is 14.1. The van der Waals surface area contributed by atoms with Gasteiger partial charge in [0.25, 0.3) is 5.91 Å². The van der Waals surface area contributed by atoms with Gasteiger partial charge in [0, 0.05) is 30.7 Å². The number of amides is 1. The van der Waals surface area contributed by atoms with Crippen LogP contribution in [0.2, 0.25) is 0 Å². The number of pyridine rings is 1. The second kappa shape index (κ2) is 10.0. The van der Waals surface area contributed by atoms with Crippen molar-refractivity contribution in [3.63, 3.8) is 0 Å². The molecule has 5 nitrogen and oxygen atoms in total. The minimum absolute atomic E-state index is 0.0952. The Bertz CT molecular complexity index is 952. The highest BCUT2D eigenvalue weighted by atomic mass is 16.5. The highest BCUT2D eigenvalue weighted by Crippen LogP contribution is 2.26. The first kappa shape index (κ1) is 20.8. The molecule has 2 aromatic carbocycles. The van der Waals surface area contributed by atoms with Crippen LogP contribution in [-0.4, -0.2) is 37.8 Å². The van der Waals surface area contributed by atoms with Crippen molar-refractivity contribution in [2.24, 2.45) is 5.92 Å². The average molecular weight is 392 g/mol. The summed E-state index contributed by atoms with van der Waals surface area (Å²) in [7, 11) is 1.64. The summed E-state index contributed by atoms with van der Waals surface area (Å²) in [5.74, 6) is 1.21. The van der Waals surface area contributed by atoms with Crippen LogP contribution in [0.5, 0.6) is 5.75 Å². The van der Waals surface area contributed by atoms with E-state index in [-0.39, 0.29) is 5.91 Å². The Morgan fingerprint density at radius 3 is 2.59 bits per heavy atom. The minimum Gasteiger partial charge on any atom is -0.497 e. The van der Waals surface area contributed by atoms with Crippen molar-refractivity contribution in [1.29, 1.82) is 0 Å². The van der Waals surface area contributed by atoms with Gasteiger partial charge in [0.05, 0.1) is 23.9 Å². The van der Waals surface area contributed by atoms with Crippen LogP contribution in [-0.2, 0) is 4.74 Å². The predicted octanol–water partition coefficient (Wildman–Crippen LogP) is 4.70. The third-order valence-electron chi connectivity index (χ3n) is 4.55. The van der Waals surface area contributed by atoms with E-state index >= 15 is 0 Å². The van der Waals surface area contributed by atoms with Gasteiger partial charge in [-0.25, -0.2) is 4.98 Å². The van der Waals surface area contributed by atoms with Crippen LogP contribution in [0.1, 0.15) is 30.6 Å². The van der Waals surface area contributed by atoms with Gasteiger partial charge in [-0.1, -0.05) is 32.0 Å². The molecule has 5 heteroatoms. The number of benzene rings is 2. The number of carbonyl (C=O) groups is 1. The highest BCUT2D eigenvalue weighted by Gasteiger charge is 2.13.